The zero-order valence-electron chi connectivity index (χ0n) is 16.5. The first-order chi connectivity index (χ1) is 14.4. The lowest BCUT2D eigenvalue weighted by atomic mass is 10.1. The summed E-state index contributed by atoms with van der Waals surface area (Å²) in [5.74, 6) is -0.0583. The number of amides is 2. The Morgan fingerprint density at radius 2 is 1.83 bits per heavy atom. The van der Waals surface area contributed by atoms with Crippen LogP contribution >= 0.6 is 0 Å². The molecule has 2 aliphatic rings. The van der Waals surface area contributed by atoms with Crippen LogP contribution in [0.1, 0.15) is 18.4 Å². The van der Waals surface area contributed by atoms with Crippen molar-refractivity contribution in [2.45, 2.75) is 25.5 Å². The molecule has 158 valence electrons. The molecule has 2 aromatic rings. The van der Waals surface area contributed by atoms with Crippen molar-refractivity contribution in [2.24, 2.45) is 5.92 Å². The van der Waals surface area contributed by atoms with Crippen LogP contribution in [0.3, 0.4) is 0 Å². The first-order valence-corrected chi connectivity index (χ1v) is 11.8. The second-order valence-corrected chi connectivity index (χ2v) is 10.0. The quantitative estimate of drug-likeness (QED) is 0.762. The molecule has 0 aliphatic carbocycles. The Morgan fingerprint density at radius 1 is 1.10 bits per heavy atom. The van der Waals surface area contributed by atoms with Crippen molar-refractivity contribution >= 4 is 27.3 Å². The molecule has 0 saturated carbocycles. The van der Waals surface area contributed by atoms with E-state index in [2.05, 4.69) is 5.32 Å². The van der Waals surface area contributed by atoms with E-state index < -0.39 is 15.8 Å². The fourth-order valence-corrected chi connectivity index (χ4v) is 5.63. The lowest BCUT2D eigenvalue weighted by Gasteiger charge is -2.22. The zero-order valence-corrected chi connectivity index (χ0v) is 17.3. The number of nitrogens with zero attached hydrogens (tertiary/aromatic N) is 1. The van der Waals surface area contributed by atoms with E-state index in [0.717, 1.165) is 5.56 Å². The van der Waals surface area contributed by atoms with E-state index in [-0.39, 0.29) is 42.3 Å². The highest BCUT2D eigenvalue weighted by molar-refractivity contribution is 7.91. The van der Waals surface area contributed by atoms with Crippen molar-refractivity contribution < 1.29 is 22.7 Å². The Labute approximate surface area is 175 Å². The first kappa shape index (κ1) is 20.4. The van der Waals surface area contributed by atoms with Crippen molar-refractivity contribution in [3.05, 3.63) is 60.2 Å². The molecule has 7 nitrogen and oxygen atoms in total. The van der Waals surface area contributed by atoms with Gasteiger partial charge in [0, 0.05) is 24.7 Å². The molecule has 2 aromatic carbocycles. The van der Waals surface area contributed by atoms with E-state index in [1.807, 2.05) is 30.3 Å². The second-order valence-electron chi connectivity index (χ2n) is 7.79. The molecule has 2 unspecified atom stereocenters. The van der Waals surface area contributed by atoms with Crippen molar-refractivity contribution in [3.8, 4) is 5.75 Å². The van der Waals surface area contributed by atoms with Gasteiger partial charge in [0.2, 0.25) is 11.8 Å². The van der Waals surface area contributed by atoms with Crippen molar-refractivity contribution in [3.63, 3.8) is 0 Å². The Hall–Kier alpha value is -2.87. The molecule has 2 saturated heterocycles. The van der Waals surface area contributed by atoms with Gasteiger partial charge in [-0.2, -0.15) is 0 Å². The van der Waals surface area contributed by atoms with Gasteiger partial charge in [-0.15, -0.1) is 0 Å². The molecule has 0 radical (unpaired) electrons. The number of carbonyl (C=O) groups excluding carboxylic acids is 2. The van der Waals surface area contributed by atoms with Crippen LogP contribution in [0.5, 0.6) is 5.75 Å². The Bertz CT molecular complexity index is 1020. The number of anilines is 1. The van der Waals surface area contributed by atoms with E-state index in [9.17, 15) is 18.0 Å². The molecule has 2 aliphatic heterocycles. The van der Waals surface area contributed by atoms with Crippen LogP contribution in [-0.4, -0.2) is 49.2 Å². The lowest BCUT2D eigenvalue weighted by molar-refractivity contribution is -0.129. The topological polar surface area (TPSA) is 92.8 Å². The highest BCUT2D eigenvalue weighted by Crippen LogP contribution is 2.27. The standard InChI is InChI=1S/C22H24N2O5S/c25-21-12-17(13-24(21)19-10-11-30(27,28)15-19)22(26)23-18-6-8-20(9-7-18)29-14-16-4-2-1-3-5-16/h1-9,17,19H,10-15H2,(H,23,26). The van der Waals surface area contributed by atoms with Crippen molar-refractivity contribution in [1.82, 2.24) is 4.90 Å². The second kappa shape index (κ2) is 8.47. The number of benzene rings is 2. The fraction of sp³-hybridized carbons (Fsp3) is 0.364. The monoisotopic (exact) mass is 428 g/mol. The van der Waals surface area contributed by atoms with Crippen LogP contribution in [0.4, 0.5) is 5.69 Å². The first-order valence-electron chi connectivity index (χ1n) is 9.97. The number of carbonyl (C=O) groups is 2. The van der Waals surface area contributed by atoms with E-state index in [1.165, 1.54) is 0 Å². The molecule has 0 aromatic heterocycles. The summed E-state index contributed by atoms with van der Waals surface area (Å²) in [6.07, 6.45) is 0.563. The van der Waals surface area contributed by atoms with Crippen molar-refractivity contribution in [1.29, 1.82) is 0 Å². The van der Waals surface area contributed by atoms with E-state index in [1.54, 1.807) is 29.2 Å². The minimum Gasteiger partial charge on any atom is -0.489 e. The Morgan fingerprint density at radius 3 is 2.50 bits per heavy atom. The summed E-state index contributed by atoms with van der Waals surface area (Å²) in [6, 6.07) is 16.6. The van der Waals surface area contributed by atoms with Crippen molar-refractivity contribution in [2.75, 3.05) is 23.4 Å². The van der Waals surface area contributed by atoms with Gasteiger partial charge in [0.05, 0.1) is 17.4 Å². The average Bonchev–Trinajstić information content (AvgIpc) is 3.30. The van der Waals surface area contributed by atoms with Gasteiger partial charge in [0.25, 0.3) is 0 Å². The van der Waals surface area contributed by atoms with Gasteiger partial charge in [-0.3, -0.25) is 9.59 Å². The van der Waals surface area contributed by atoms with Gasteiger partial charge >= 0.3 is 0 Å². The smallest absolute Gasteiger partial charge is 0.229 e. The molecular weight excluding hydrogens is 404 g/mol. The van der Waals surface area contributed by atoms with Gasteiger partial charge in [-0.05, 0) is 36.2 Å². The molecule has 2 amide bonds. The molecule has 2 fully saturated rings. The molecular formula is C22H24N2O5S. The number of hydrogen-bond acceptors (Lipinski definition) is 5. The lowest BCUT2D eigenvalue weighted by Crippen LogP contribution is -2.38. The van der Waals surface area contributed by atoms with Gasteiger partial charge in [-0.25, -0.2) is 8.42 Å². The number of ether oxygens (including phenoxy) is 1. The molecule has 30 heavy (non-hydrogen) atoms. The minimum atomic E-state index is -3.08. The predicted molar refractivity (Wildman–Crippen MR) is 113 cm³/mol. The van der Waals surface area contributed by atoms with Gasteiger partial charge in [0.15, 0.2) is 9.84 Å². The van der Waals surface area contributed by atoms with E-state index in [0.29, 0.717) is 24.5 Å². The van der Waals surface area contributed by atoms with Crippen LogP contribution in [0.2, 0.25) is 0 Å². The molecule has 0 bridgehead atoms. The molecule has 0 spiro atoms. The third kappa shape index (κ3) is 4.81. The number of hydrogen-bond donors (Lipinski definition) is 1. The van der Waals surface area contributed by atoms with Crippen LogP contribution in [0.15, 0.2) is 54.6 Å². The summed E-state index contributed by atoms with van der Waals surface area (Å²) in [5, 5.41) is 2.84. The number of sulfone groups is 1. The van der Waals surface area contributed by atoms with Crippen LogP contribution in [0.25, 0.3) is 0 Å². The molecule has 8 heteroatoms. The van der Waals surface area contributed by atoms with Gasteiger partial charge in [0.1, 0.15) is 12.4 Å². The van der Waals surface area contributed by atoms with E-state index in [4.69, 9.17) is 4.74 Å². The molecule has 2 heterocycles. The number of nitrogens with one attached hydrogen (secondary N) is 1. The number of likely N-dealkylation sites (tertiary alicyclic amines) is 1. The maximum atomic E-state index is 12.6. The zero-order chi connectivity index (χ0) is 21.1. The molecule has 1 N–H and O–H groups in total. The normalized spacial score (nSPS) is 22.8. The highest BCUT2D eigenvalue weighted by atomic mass is 32.2. The summed E-state index contributed by atoms with van der Waals surface area (Å²) >= 11 is 0. The maximum Gasteiger partial charge on any atom is 0.229 e. The largest absolute Gasteiger partial charge is 0.489 e. The third-order valence-electron chi connectivity index (χ3n) is 5.55. The van der Waals surface area contributed by atoms with Gasteiger partial charge < -0.3 is 15.0 Å². The van der Waals surface area contributed by atoms with Gasteiger partial charge in [-0.1, -0.05) is 30.3 Å². The third-order valence-corrected chi connectivity index (χ3v) is 7.30. The maximum absolute atomic E-state index is 12.6. The predicted octanol–water partition coefficient (Wildman–Crippen LogP) is 2.24. The Kier molecular flexibility index (Phi) is 5.76. The van der Waals surface area contributed by atoms with Crippen LogP contribution in [-0.2, 0) is 26.0 Å². The summed E-state index contributed by atoms with van der Waals surface area (Å²) in [5.41, 5.74) is 1.70. The summed E-state index contributed by atoms with van der Waals surface area (Å²) < 4.78 is 29.1. The van der Waals surface area contributed by atoms with Crippen LogP contribution in [0, 0.1) is 5.92 Å². The highest BCUT2D eigenvalue weighted by Gasteiger charge is 2.41. The fourth-order valence-electron chi connectivity index (χ4n) is 3.90. The van der Waals surface area contributed by atoms with Crippen LogP contribution < -0.4 is 10.1 Å². The average molecular weight is 429 g/mol. The summed E-state index contributed by atoms with van der Waals surface area (Å²) in [7, 11) is -3.08. The summed E-state index contributed by atoms with van der Waals surface area (Å²) in [6.45, 7) is 0.729. The Balaban J connectivity index is 1.30. The molecule has 2 atom stereocenters. The van der Waals surface area contributed by atoms with E-state index >= 15 is 0 Å². The number of rotatable bonds is 6. The summed E-state index contributed by atoms with van der Waals surface area (Å²) in [4.78, 5) is 26.5. The minimum absolute atomic E-state index is 0.00246. The molecule has 4 rings (SSSR count). The SMILES string of the molecule is O=C(Nc1ccc(OCc2ccccc2)cc1)C1CC(=O)N(C2CCS(=O)(=O)C2)C1.